The van der Waals surface area contributed by atoms with Crippen molar-refractivity contribution in [2.24, 2.45) is 5.92 Å². The van der Waals surface area contributed by atoms with E-state index in [9.17, 15) is 0 Å². The summed E-state index contributed by atoms with van der Waals surface area (Å²) in [6, 6.07) is 10.7. The Kier molecular flexibility index (Phi) is 5.77. The Labute approximate surface area is 92.1 Å². The molecule has 0 spiro atoms. The molecule has 0 nitrogen and oxygen atoms in total. The monoisotopic (exact) mass is 208 g/mol. The maximum absolute atomic E-state index is 2.35. The first kappa shape index (κ1) is 11.6. The van der Waals surface area contributed by atoms with Crippen molar-refractivity contribution in [2.45, 2.75) is 32.4 Å². The lowest BCUT2D eigenvalue weighted by Gasteiger charge is -2.08. The normalized spacial score (nSPS) is 12.7. The van der Waals surface area contributed by atoms with Gasteiger partial charge in [-0.15, -0.1) is 0 Å². The van der Waals surface area contributed by atoms with Crippen LogP contribution in [-0.4, -0.2) is 5.75 Å². The minimum absolute atomic E-state index is 0.869. The Morgan fingerprint density at radius 1 is 1.21 bits per heavy atom. The molecule has 1 rings (SSSR count). The molecule has 0 N–H and O–H groups in total. The summed E-state index contributed by atoms with van der Waals surface area (Å²) in [6.45, 7) is 4.61. The van der Waals surface area contributed by atoms with Crippen LogP contribution >= 0.6 is 11.8 Å². The van der Waals surface area contributed by atoms with E-state index in [1.165, 1.54) is 24.2 Å². The number of thioether (sulfide) groups is 1. The highest BCUT2D eigenvalue weighted by atomic mass is 32.2. The maximum Gasteiger partial charge on any atom is 0.0184 e. The quantitative estimate of drug-likeness (QED) is 0.669. The van der Waals surface area contributed by atoms with E-state index in [1.54, 1.807) is 0 Å². The van der Waals surface area contributed by atoms with E-state index < -0.39 is 0 Å². The zero-order chi connectivity index (χ0) is 10.2. The average molecular weight is 208 g/mol. The molecule has 0 amide bonds. The van der Waals surface area contributed by atoms with Crippen LogP contribution in [0.3, 0.4) is 0 Å². The third-order valence-electron chi connectivity index (χ3n) is 2.30. The number of hydrogen-bond acceptors (Lipinski definition) is 1. The zero-order valence-electron chi connectivity index (χ0n) is 9.20. The number of benzene rings is 1. The maximum atomic E-state index is 2.35. The number of hydrogen-bond donors (Lipinski definition) is 0. The van der Waals surface area contributed by atoms with Crippen LogP contribution in [0, 0.1) is 5.92 Å². The standard InChI is InChI=1S/C13H20S/c1-3-7-12(2)10-14-11-13-8-5-4-6-9-13/h4-6,8-9,12H,3,7,10-11H2,1-2H3. The minimum atomic E-state index is 0.869. The van der Waals surface area contributed by atoms with Gasteiger partial charge in [0.15, 0.2) is 0 Å². The van der Waals surface area contributed by atoms with Gasteiger partial charge in [-0.3, -0.25) is 0 Å². The molecule has 1 unspecified atom stereocenters. The summed E-state index contributed by atoms with van der Waals surface area (Å²) < 4.78 is 0. The average Bonchev–Trinajstić information content (AvgIpc) is 2.20. The molecule has 1 heteroatoms. The van der Waals surface area contributed by atoms with Gasteiger partial charge in [0.25, 0.3) is 0 Å². The summed E-state index contributed by atoms with van der Waals surface area (Å²) in [7, 11) is 0. The van der Waals surface area contributed by atoms with Gasteiger partial charge in [0.1, 0.15) is 0 Å². The summed E-state index contributed by atoms with van der Waals surface area (Å²) in [5.41, 5.74) is 1.45. The first-order chi connectivity index (χ1) is 6.83. The SMILES string of the molecule is CCCC(C)CSCc1ccccc1. The molecule has 0 bridgehead atoms. The van der Waals surface area contributed by atoms with E-state index in [4.69, 9.17) is 0 Å². The van der Waals surface area contributed by atoms with Crippen molar-refractivity contribution in [1.29, 1.82) is 0 Å². The van der Waals surface area contributed by atoms with Gasteiger partial charge in [0.2, 0.25) is 0 Å². The van der Waals surface area contributed by atoms with Crippen molar-refractivity contribution in [1.82, 2.24) is 0 Å². The van der Waals surface area contributed by atoms with Gasteiger partial charge in [0, 0.05) is 5.75 Å². The summed E-state index contributed by atoms with van der Waals surface area (Å²) in [6.07, 6.45) is 2.68. The second kappa shape index (κ2) is 6.94. The molecule has 0 fully saturated rings. The third-order valence-corrected chi connectivity index (χ3v) is 3.64. The van der Waals surface area contributed by atoms with Crippen LogP contribution in [-0.2, 0) is 5.75 Å². The molecular weight excluding hydrogens is 188 g/mol. The lowest BCUT2D eigenvalue weighted by atomic mass is 10.1. The van der Waals surface area contributed by atoms with E-state index in [1.807, 2.05) is 0 Å². The van der Waals surface area contributed by atoms with Gasteiger partial charge in [-0.25, -0.2) is 0 Å². The highest BCUT2D eigenvalue weighted by Crippen LogP contribution is 2.17. The molecule has 0 saturated heterocycles. The van der Waals surface area contributed by atoms with Crippen molar-refractivity contribution < 1.29 is 0 Å². The minimum Gasteiger partial charge on any atom is -0.157 e. The van der Waals surface area contributed by atoms with Crippen molar-refractivity contribution >= 4 is 11.8 Å². The molecule has 1 aromatic rings. The lowest BCUT2D eigenvalue weighted by molar-refractivity contribution is 0.585. The smallest absolute Gasteiger partial charge is 0.0184 e. The Bertz CT molecular complexity index is 230. The summed E-state index contributed by atoms with van der Waals surface area (Å²) in [5.74, 6) is 3.33. The third kappa shape index (κ3) is 4.71. The van der Waals surface area contributed by atoms with Crippen LogP contribution in [0.2, 0.25) is 0 Å². The van der Waals surface area contributed by atoms with Crippen LogP contribution in [0.25, 0.3) is 0 Å². The molecule has 0 aromatic heterocycles. The van der Waals surface area contributed by atoms with Gasteiger partial charge < -0.3 is 0 Å². The molecule has 0 aliphatic heterocycles. The number of rotatable bonds is 6. The fraction of sp³-hybridized carbons (Fsp3) is 0.538. The van der Waals surface area contributed by atoms with Crippen LogP contribution in [0.15, 0.2) is 30.3 Å². The topological polar surface area (TPSA) is 0 Å². The van der Waals surface area contributed by atoms with E-state index in [0.717, 1.165) is 11.7 Å². The largest absolute Gasteiger partial charge is 0.157 e. The van der Waals surface area contributed by atoms with Crippen LogP contribution < -0.4 is 0 Å². The zero-order valence-corrected chi connectivity index (χ0v) is 10.0. The molecule has 0 radical (unpaired) electrons. The fourth-order valence-corrected chi connectivity index (χ4v) is 2.64. The predicted octanol–water partition coefficient (Wildman–Crippen LogP) is 4.36. The first-order valence-electron chi connectivity index (χ1n) is 5.44. The molecule has 78 valence electrons. The van der Waals surface area contributed by atoms with Crippen LogP contribution in [0.1, 0.15) is 32.3 Å². The fourth-order valence-electron chi connectivity index (χ4n) is 1.53. The van der Waals surface area contributed by atoms with Crippen molar-refractivity contribution in [2.75, 3.05) is 5.75 Å². The van der Waals surface area contributed by atoms with E-state index in [2.05, 4.69) is 55.9 Å². The Hall–Kier alpha value is -0.430. The molecule has 0 heterocycles. The van der Waals surface area contributed by atoms with Gasteiger partial charge in [-0.1, -0.05) is 57.0 Å². The molecule has 0 aliphatic carbocycles. The molecule has 14 heavy (non-hydrogen) atoms. The van der Waals surface area contributed by atoms with Crippen molar-refractivity contribution in [3.05, 3.63) is 35.9 Å². The highest BCUT2D eigenvalue weighted by Gasteiger charge is 2.00. The highest BCUT2D eigenvalue weighted by molar-refractivity contribution is 7.98. The summed E-state index contributed by atoms with van der Waals surface area (Å²) in [4.78, 5) is 0. The Balaban J connectivity index is 2.16. The summed E-state index contributed by atoms with van der Waals surface area (Å²) in [5, 5.41) is 0. The second-order valence-corrected chi connectivity index (χ2v) is 4.92. The molecule has 0 saturated carbocycles. The van der Waals surface area contributed by atoms with E-state index >= 15 is 0 Å². The molecule has 0 aliphatic rings. The van der Waals surface area contributed by atoms with Gasteiger partial charge in [-0.2, -0.15) is 11.8 Å². The summed E-state index contributed by atoms with van der Waals surface area (Å²) >= 11 is 2.05. The first-order valence-corrected chi connectivity index (χ1v) is 6.60. The van der Waals surface area contributed by atoms with Crippen molar-refractivity contribution in [3.8, 4) is 0 Å². The molecule has 1 aromatic carbocycles. The van der Waals surface area contributed by atoms with E-state index in [0.29, 0.717) is 0 Å². The van der Waals surface area contributed by atoms with Crippen LogP contribution in [0.4, 0.5) is 0 Å². The van der Waals surface area contributed by atoms with E-state index in [-0.39, 0.29) is 0 Å². The lowest BCUT2D eigenvalue weighted by Crippen LogP contribution is -1.97. The Morgan fingerprint density at radius 2 is 1.93 bits per heavy atom. The Morgan fingerprint density at radius 3 is 2.57 bits per heavy atom. The van der Waals surface area contributed by atoms with Gasteiger partial charge >= 0.3 is 0 Å². The second-order valence-electron chi connectivity index (χ2n) is 3.89. The van der Waals surface area contributed by atoms with Crippen molar-refractivity contribution in [3.63, 3.8) is 0 Å². The van der Waals surface area contributed by atoms with Gasteiger partial charge in [-0.05, 0) is 17.2 Å². The predicted molar refractivity (Wildman–Crippen MR) is 66.7 cm³/mol. The van der Waals surface area contributed by atoms with Crippen LogP contribution in [0.5, 0.6) is 0 Å². The molecular formula is C13H20S. The molecule has 1 atom stereocenters. The van der Waals surface area contributed by atoms with Gasteiger partial charge in [0.05, 0.1) is 0 Å².